The van der Waals surface area contributed by atoms with Crippen LogP contribution >= 0.6 is 0 Å². The molecule has 0 aromatic carbocycles. The molecular weight excluding hydrogens is 356 g/mol. The van der Waals surface area contributed by atoms with Crippen LogP contribution in [-0.4, -0.2) is 45.2 Å². The number of nitrogens with zero attached hydrogens (tertiary/aromatic N) is 3. The second-order valence-electron chi connectivity index (χ2n) is 8.63. The minimum atomic E-state index is -0.203. The molecule has 3 aliphatic rings. The van der Waals surface area contributed by atoms with Crippen LogP contribution in [0.15, 0.2) is 0 Å². The first-order valence-electron chi connectivity index (χ1n) is 10.9. The van der Waals surface area contributed by atoms with Gasteiger partial charge in [-0.3, -0.25) is 9.59 Å². The summed E-state index contributed by atoms with van der Waals surface area (Å²) >= 11 is 0. The third-order valence-electron chi connectivity index (χ3n) is 6.63. The van der Waals surface area contributed by atoms with Crippen LogP contribution in [0.2, 0.25) is 0 Å². The van der Waals surface area contributed by atoms with Crippen molar-refractivity contribution < 1.29 is 9.59 Å². The number of hydrogen-bond donors (Lipinski definition) is 3. The number of fused-ring (bicyclic) bond motifs is 1. The minimum absolute atomic E-state index is 0.117. The first-order valence-corrected chi connectivity index (χ1v) is 10.9. The molecule has 2 saturated carbocycles. The molecule has 3 N–H and O–H groups in total. The number of nitrogens with one attached hydrogen (secondary N) is 3. The van der Waals surface area contributed by atoms with Gasteiger partial charge in [-0.15, -0.1) is 5.10 Å². The van der Waals surface area contributed by atoms with E-state index in [9.17, 15) is 9.59 Å². The predicted octanol–water partition coefficient (Wildman–Crippen LogP) is 2.08. The number of rotatable bonds is 5. The quantitative estimate of drug-likeness (QED) is 0.717. The summed E-state index contributed by atoms with van der Waals surface area (Å²) in [5, 5.41) is 13.8. The molecule has 8 heteroatoms. The molecule has 1 aromatic rings. The number of carbonyl (C=O) groups excluding carboxylic acids is 2. The van der Waals surface area contributed by atoms with E-state index in [2.05, 4.69) is 33.0 Å². The zero-order valence-corrected chi connectivity index (χ0v) is 16.7. The van der Waals surface area contributed by atoms with E-state index in [4.69, 9.17) is 0 Å². The van der Waals surface area contributed by atoms with E-state index in [1.54, 1.807) is 4.68 Å². The summed E-state index contributed by atoms with van der Waals surface area (Å²) in [7, 11) is 0. The van der Waals surface area contributed by atoms with Crippen molar-refractivity contribution in [1.29, 1.82) is 0 Å². The summed E-state index contributed by atoms with van der Waals surface area (Å²) in [5.74, 6) is 1.60. The fourth-order valence-electron chi connectivity index (χ4n) is 4.79. The number of amides is 2. The van der Waals surface area contributed by atoms with Crippen molar-refractivity contribution in [2.45, 2.75) is 83.3 Å². The Kier molecular flexibility index (Phi) is 5.82. The van der Waals surface area contributed by atoms with Crippen molar-refractivity contribution in [3.05, 3.63) is 5.82 Å². The predicted molar refractivity (Wildman–Crippen MR) is 106 cm³/mol. The van der Waals surface area contributed by atoms with Crippen molar-refractivity contribution in [3.63, 3.8) is 0 Å². The number of hydrogen-bond acceptors (Lipinski definition) is 5. The van der Waals surface area contributed by atoms with Gasteiger partial charge in [0, 0.05) is 31.1 Å². The maximum absolute atomic E-state index is 12.5. The van der Waals surface area contributed by atoms with Crippen LogP contribution < -0.4 is 16.0 Å². The van der Waals surface area contributed by atoms with Gasteiger partial charge in [0.25, 0.3) is 5.91 Å². The van der Waals surface area contributed by atoms with Gasteiger partial charge in [0.05, 0.1) is 0 Å². The van der Waals surface area contributed by atoms with Gasteiger partial charge < -0.3 is 16.0 Å². The topological polar surface area (TPSA) is 101 Å². The molecule has 0 saturated heterocycles. The number of aryl methyl sites for hydroxylation is 1. The number of carbonyl (C=O) groups is 2. The first-order chi connectivity index (χ1) is 13.6. The van der Waals surface area contributed by atoms with Crippen LogP contribution in [-0.2, 0) is 11.3 Å². The fourth-order valence-corrected chi connectivity index (χ4v) is 4.79. The Bertz CT molecular complexity index is 680. The minimum Gasteiger partial charge on any atom is -0.354 e. The Morgan fingerprint density at radius 1 is 1.04 bits per heavy atom. The van der Waals surface area contributed by atoms with Crippen molar-refractivity contribution >= 4 is 17.8 Å². The Morgan fingerprint density at radius 2 is 1.71 bits per heavy atom. The third-order valence-corrected chi connectivity index (χ3v) is 6.63. The highest BCUT2D eigenvalue weighted by atomic mass is 16.2. The molecule has 1 aromatic heterocycles. The lowest BCUT2D eigenvalue weighted by atomic mass is 9.88. The molecule has 4 rings (SSSR count). The average molecular weight is 389 g/mol. The van der Waals surface area contributed by atoms with Crippen molar-refractivity contribution in [2.75, 3.05) is 11.9 Å². The van der Waals surface area contributed by atoms with Crippen molar-refractivity contribution in [3.8, 4) is 0 Å². The van der Waals surface area contributed by atoms with Gasteiger partial charge in [0.15, 0.2) is 0 Å². The molecule has 0 bridgehead atoms. The van der Waals surface area contributed by atoms with Gasteiger partial charge in [-0.2, -0.15) is 4.98 Å². The van der Waals surface area contributed by atoms with Gasteiger partial charge in [-0.1, -0.05) is 19.8 Å². The zero-order valence-electron chi connectivity index (χ0n) is 16.7. The molecule has 154 valence electrons. The maximum atomic E-state index is 12.5. The van der Waals surface area contributed by atoms with E-state index in [-0.39, 0.29) is 35.6 Å². The molecule has 1 atom stereocenters. The van der Waals surface area contributed by atoms with Crippen LogP contribution in [0.5, 0.6) is 0 Å². The molecule has 0 spiro atoms. The summed E-state index contributed by atoms with van der Waals surface area (Å²) in [4.78, 5) is 29.3. The van der Waals surface area contributed by atoms with Crippen molar-refractivity contribution in [2.24, 2.45) is 11.8 Å². The second kappa shape index (κ2) is 8.49. The highest BCUT2D eigenvalue weighted by Gasteiger charge is 2.30. The smallest absolute Gasteiger partial charge is 0.291 e. The largest absolute Gasteiger partial charge is 0.354 e. The Balaban J connectivity index is 1.22. The summed E-state index contributed by atoms with van der Waals surface area (Å²) in [6.45, 7) is 3.74. The Labute approximate surface area is 166 Å². The Hall–Kier alpha value is -2.12. The molecule has 2 aliphatic carbocycles. The summed E-state index contributed by atoms with van der Waals surface area (Å²) in [6, 6.07) is 0.355. The monoisotopic (exact) mass is 388 g/mol. The molecule has 28 heavy (non-hydrogen) atoms. The molecule has 1 unspecified atom stereocenters. The first kappa shape index (κ1) is 19.2. The lowest BCUT2D eigenvalue weighted by Crippen LogP contribution is -2.45. The molecule has 8 nitrogen and oxygen atoms in total. The molecule has 0 radical (unpaired) electrons. The van der Waals surface area contributed by atoms with Crippen LogP contribution in [0.4, 0.5) is 5.95 Å². The van der Waals surface area contributed by atoms with E-state index in [0.29, 0.717) is 11.9 Å². The van der Waals surface area contributed by atoms with Crippen molar-refractivity contribution in [1.82, 2.24) is 25.4 Å². The molecule has 2 fully saturated rings. The lowest BCUT2D eigenvalue weighted by Gasteiger charge is -2.30. The van der Waals surface area contributed by atoms with E-state index >= 15 is 0 Å². The molecule has 2 heterocycles. The summed E-state index contributed by atoms with van der Waals surface area (Å²) in [5.41, 5.74) is 0. The summed E-state index contributed by atoms with van der Waals surface area (Å²) in [6.07, 6.45) is 9.46. The van der Waals surface area contributed by atoms with E-state index in [1.165, 1.54) is 25.7 Å². The normalized spacial score (nSPS) is 26.2. The number of aromatic nitrogens is 3. The van der Waals surface area contributed by atoms with Gasteiger partial charge in [0.2, 0.25) is 17.7 Å². The van der Waals surface area contributed by atoms with Crippen LogP contribution in [0.1, 0.15) is 75.3 Å². The standard InChI is InChI=1S/C20H32N6O2/c1-13(14-5-2-3-6-14)18(27)22-15-7-9-16(10-8-15)23-19(28)17-24-20-21-11-4-12-26(20)25-17/h13-16H,2-12H2,1H3,(H,22,27)(H,23,28)(H,21,24,25). The number of anilines is 1. The van der Waals surface area contributed by atoms with E-state index in [0.717, 1.165) is 45.2 Å². The average Bonchev–Trinajstić information content (AvgIpc) is 3.38. The van der Waals surface area contributed by atoms with Gasteiger partial charge in [-0.25, -0.2) is 4.68 Å². The van der Waals surface area contributed by atoms with Crippen LogP contribution in [0, 0.1) is 11.8 Å². The highest BCUT2D eigenvalue weighted by molar-refractivity contribution is 5.90. The van der Waals surface area contributed by atoms with E-state index < -0.39 is 0 Å². The van der Waals surface area contributed by atoms with Crippen LogP contribution in [0.25, 0.3) is 0 Å². The molecule has 2 amide bonds. The lowest BCUT2D eigenvalue weighted by molar-refractivity contribution is -0.127. The molecular formula is C20H32N6O2. The van der Waals surface area contributed by atoms with Crippen LogP contribution in [0.3, 0.4) is 0 Å². The third kappa shape index (κ3) is 4.31. The Morgan fingerprint density at radius 3 is 2.39 bits per heavy atom. The maximum Gasteiger partial charge on any atom is 0.291 e. The van der Waals surface area contributed by atoms with Gasteiger partial charge in [-0.05, 0) is 50.9 Å². The van der Waals surface area contributed by atoms with E-state index in [1.807, 2.05) is 0 Å². The fraction of sp³-hybridized carbons (Fsp3) is 0.800. The van der Waals surface area contributed by atoms with Gasteiger partial charge >= 0.3 is 0 Å². The van der Waals surface area contributed by atoms with Gasteiger partial charge in [0.1, 0.15) is 0 Å². The second-order valence-corrected chi connectivity index (χ2v) is 8.63. The SMILES string of the molecule is CC(C(=O)NC1CCC(NC(=O)c2nc3n(n2)CCCN3)CC1)C1CCCC1. The highest BCUT2D eigenvalue weighted by Crippen LogP contribution is 2.31. The zero-order chi connectivity index (χ0) is 19.5. The molecule has 1 aliphatic heterocycles. The summed E-state index contributed by atoms with van der Waals surface area (Å²) < 4.78 is 1.76.